The predicted octanol–water partition coefficient (Wildman–Crippen LogP) is 2.09. The van der Waals surface area contributed by atoms with Crippen molar-refractivity contribution in [3.8, 4) is 0 Å². The number of hydrogen-bond donors (Lipinski definition) is 0. The first-order chi connectivity index (χ1) is 11.3. The highest BCUT2D eigenvalue weighted by atomic mass is 32.2. The summed E-state index contributed by atoms with van der Waals surface area (Å²) in [4.78, 5) is 11.5. The van der Waals surface area contributed by atoms with Crippen LogP contribution in [0.25, 0.3) is 11.1 Å². The molecule has 0 aliphatic carbocycles. The fraction of sp³-hybridized carbons (Fsp3) is 0.188. The Morgan fingerprint density at radius 3 is 2.67 bits per heavy atom. The summed E-state index contributed by atoms with van der Waals surface area (Å²) in [5.74, 6) is -0.985. The highest BCUT2D eigenvalue weighted by Crippen LogP contribution is 2.21. The van der Waals surface area contributed by atoms with Gasteiger partial charge in [-0.15, -0.1) is 0 Å². The number of sulfonamides is 1. The third kappa shape index (κ3) is 2.85. The minimum Gasteiger partial charge on any atom is -0.408 e. The Morgan fingerprint density at radius 2 is 1.96 bits per heavy atom. The van der Waals surface area contributed by atoms with E-state index in [1.807, 2.05) is 0 Å². The summed E-state index contributed by atoms with van der Waals surface area (Å²) in [6.07, 6.45) is 0. The summed E-state index contributed by atoms with van der Waals surface area (Å²) < 4.78 is 46.0. The van der Waals surface area contributed by atoms with Crippen molar-refractivity contribution < 1.29 is 17.2 Å². The molecule has 0 saturated carbocycles. The molecule has 0 saturated heterocycles. The quantitative estimate of drug-likeness (QED) is 0.722. The van der Waals surface area contributed by atoms with Crippen LogP contribution < -0.4 is 5.76 Å². The molecule has 0 bridgehead atoms. The minimum absolute atomic E-state index is 0.0302. The zero-order chi connectivity index (χ0) is 17.5. The molecule has 0 spiro atoms. The first-order valence-corrected chi connectivity index (χ1v) is 8.53. The van der Waals surface area contributed by atoms with Crippen molar-refractivity contribution in [3.05, 3.63) is 64.4 Å². The lowest BCUT2D eigenvalue weighted by molar-refractivity contribution is 0.465. The maximum Gasteiger partial charge on any atom is 0.419 e. The van der Waals surface area contributed by atoms with E-state index >= 15 is 0 Å². The second kappa shape index (κ2) is 5.88. The van der Waals surface area contributed by atoms with Crippen LogP contribution in [0.1, 0.15) is 5.56 Å². The lowest BCUT2D eigenvalue weighted by atomic mass is 10.2. The van der Waals surface area contributed by atoms with E-state index in [2.05, 4.69) is 0 Å². The van der Waals surface area contributed by atoms with Gasteiger partial charge in [0.25, 0.3) is 0 Å². The number of oxazole rings is 1. The van der Waals surface area contributed by atoms with Gasteiger partial charge in [0.1, 0.15) is 5.82 Å². The van der Waals surface area contributed by atoms with Gasteiger partial charge in [0.05, 0.1) is 10.4 Å². The van der Waals surface area contributed by atoms with Gasteiger partial charge >= 0.3 is 5.76 Å². The topological polar surface area (TPSA) is 72.5 Å². The van der Waals surface area contributed by atoms with Gasteiger partial charge < -0.3 is 4.42 Å². The van der Waals surface area contributed by atoms with Crippen LogP contribution in [-0.2, 0) is 23.6 Å². The van der Waals surface area contributed by atoms with E-state index in [0.29, 0.717) is 16.7 Å². The van der Waals surface area contributed by atoms with Crippen LogP contribution in [0.4, 0.5) is 4.39 Å². The van der Waals surface area contributed by atoms with E-state index in [0.717, 1.165) is 4.31 Å². The molecule has 0 N–H and O–H groups in total. The average molecular weight is 350 g/mol. The van der Waals surface area contributed by atoms with Crippen molar-refractivity contribution in [2.24, 2.45) is 7.05 Å². The molecule has 3 aromatic rings. The van der Waals surface area contributed by atoms with Crippen LogP contribution in [0.2, 0.25) is 0 Å². The molecule has 0 fully saturated rings. The molecule has 2 aromatic carbocycles. The molecule has 0 unspecified atom stereocenters. The number of aryl methyl sites for hydroxylation is 1. The maximum atomic E-state index is 13.2. The van der Waals surface area contributed by atoms with Gasteiger partial charge in [-0.3, -0.25) is 4.57 Å². The smallest absolute Gasteiger partial charge is 0.408 e. The lowest BCUT2D eigenvalue weighted by Crippen LogP contribution is -2.26. The third-order valence-corrected chi connectivity index (χ3v) is 5.56. The second-order valence-corrected chi connectivity index (χ2v) is 7.49. The van der Waals surface area contributed by atoms with Gasteiger partial charge in [0.2, 0.25) is 10.0 Å². The standard InChI is InChI=1S/C16H15FN2O4S/c1-18(10-11-4-3-5-12(17)8-11)24(21,22)13-6-7-15-14(9-13)19(2)16(20)23-15/h3-9H,10H2,1-2H3. The van der Waals surface area contributed by atoms with E-state index in [4.69, 9.17) is 4.42 Å². The Morgan fingerprint density at radius 1 is 1.21 bits per heavy atom. The Labute approximate surface area is 137 Å². The number of aromatic nitrogens is 1. The predicted molar refractivity (Wildman–Crippen MR) is 86.5 cm³/mol. The van der Waals surface area contributed by atoms with Crippen molar-refractivity contribution >= 4 is 21.1 Å². The van der Waals surface area contributed by atoms with Crippen molar-refractivity contribution in [2.75, 3.05) is 7.05 Å². The monoisotopic (exact) mass is 350 g/mol. The van der Waals surface area contributed by atoms with Crippen LogP contribution in [0.15, 0.2) is 56.6 Å². The van der Waals surface area contributed by atoms with E-state index in [-0.39, 0.29) is 11.4 Å². The number of nitrogens with zero attached hydrogens (tertiary/aromatic N) is 2. The molecule has 126 valence electrons. The van der Waals surface area contributed by atoms with E-state index in [1.54, 1.807) is 6.07 Å². The Bertz CT molecular complexity index is 1070. The summed E-state index contributed by atoms with van der Waals surface area (Å²) in [6.45, 7) is 0.0302. The molecule has 1 aromatic heterocycles. The summed E-state index contributed by atoms with van der Waals surface area (Å²) in [5, 5.41) is 0. The van der Waals surface area contributed by atoms with E-state index < -0.39 is 21.6 Å². The fourth-order valence-electron chi connectivity index (χ4n) is 2.42. The summed E-state index contributed by atoms with van der Waals surface area (Å²) >= 11 is 0. The highest BCUT2D eigenvalue weighted by molar-refractivity contribution is 7.89. The van der Waals surface area contributed by atoms with Gasteiger partial charge in [-0.1, -0.05) is 12.1 Å². The van der Waals surface area contributed by atoms with E-state index in [1.165, 1.54) is 55.1 Å². The first kappa shape index (κ1) is 16.4. The molecule has 0 aliphatic rings. The molecule has 8 heteroatoms. The second-order valence-electron chi connectivity index (χ2n) is 5.45. The Balaban J connectivity index is 1.97. The van der Waals surface area contributed by atoms with Gasteiger partial charge in [-0.25, -0.2) is 17.6 Å². The minimum atomic E-state index is -3.80. The molecule has 1 heterocycles. The number of fused-ring (bicyclic) bond motifs is 1. The largest absolute Gasteiger partial charge is 0.419 e. The first-order valence-electron chi connectivity index (χ1n) is 7.09. The average Bonchev–Trinajstić information content (AvgIpc) is 2.81. The van der Waals surface area contributed by atoms with Crippen molar-refractivity contribution in [3.63, 3.8) is 0 Å². The number of rotatable bonds is 4. The maximum absolute atomic E-state index is 13.2. The molecule has 6 nitrogen and oxygen atoms in total. The van der Waals surface area contributed by atoms with Crippen molar-refractivity contribution in [2.45, 2.75) is 11.4 Å². The normalized spacial score (nSPS) is 12.2. The highest BCUT2D eigenvalue weighted by Gasteiger charge is 2.22. The fourth-order valence-corrected chi connectivity index (χ4v) is 3.60. The molecule has 3 rings (SSSR count). The van der Waals surface area contributed by atoms with Crippen LogP contribution in [0.5, 0.6) is 0 Å². The van der Waals surface area contributed by atoms with Gasteiger partial charge in [-0.05, 0) is 35.9 Å². The van der Waals surface area contributed by atoms with Crippen molar-refractivity contribution in [1.29, 1.82) is 0 Å². The van der Waals surface area contributed by atoms with Gasteiger partial charge in [0.15, 0.2) is 5.58 Å². The van der Waals surface area contributed by atoms with Crippen LogP contribution in [-0.4, -0.2) is 24.3 Å². The van der Waals surface area contributed by atoms with E-state index in [9.17, 15) is 17.6 Å². The molecule has 24 heavy (non-hydrogen) atoms. The van der Waals surface area contributed by atoms with Crippen molar-refractivity contribution in [1.82, 2.24) is 8.87 Å². The number of halogens is 1. The Kier molecular flexibility index (Phi) is 4.02. The molecule has 0 amide bonds. The molecular formula is C16H15FN2O4S. The van der Waals surface area contributed by atoms with Crippen LogP contribution in [0, 0.1) is 5.82 Å². The molecular weight excluding hydrogens is 335 g/mol. The van der Waals surface area contributed by atoms with Crippen LogP contribution >= 0.6 is 0 Å². The number of hydrogen-bond acceptors (Lipinski definition) is 4. The summed E-state index contributed by atoms with van der Waals surface area (Å²) in [6, 6.07) is 9.97. The zero-order valence-electron chi connectivity index (χ0n) is 13.1. The lowest BCUT2D eigenvalue weighted by Gasteiger charge is -2.17. The molecule has 0 aliphatic heterocycles. The zero-order valence-corrected chi connectivity index (χ0v) is 13.9. The summed E-state index contributed by atoms with van der Waals surface area (Å²) in [5.41, 5.74) is 1.24. The SMILES string of the molecule is CN(Cc1cccc(F)c1)S(=O)(=O)c1ccc2oc(=O)n(C)c2c1. The molecule has 0 radical (unpaired) electrons. The molecule has 0 atom stereocenters. The summed E-state index contributed by atoms with van der Waals surface area (Å²) in [7, 11) is -0.879. The number of benzene rings is 2. The van der Waals surface area contributed by atoms with Gasteiger partial charge in [0, 0.05) is 20.6 Å². The third-order valence-electron chi connectivity index (χ3n) is 3.77. The van der Waals surface area contributed by atoms with Gasteiger partial charge in [-0.2, -0.15) is 4.31 Å². The Hall–Kier alpha value is -2.45. The van der Waals surface area contributed by atoms with Crippen LogP contribution in [0.3, 0.4) is 0 Å².